The van der Waals surface area contributed by atoms with Crippen molar-refractivity contribution in [3.63, 3.8) is 0 Å². The van der Waals surface area contributed by atoms with Gasteiger partial charge in [0.05, 0.1) is 11.6 Å². The van der Waals surface area contributed by atoms with Gasteiger partial charge >= 0.3 is 0 Å². The van der Waals surface area contributed by atoms with Crippen LogP contribution in [0.2, 0.25) is 0 Å². The van der Waals surface area contributed by atoms with Crippen LogP contribution < -0.4 is 0 Å². The molecule has 0 fully saturated rings. The second-order valence-electron chi connectivity index (χ2n) is 6.41. The maximum absolute atomic E-state index is 9.63. The van der Waals surface area contributed by atoms with E-state index in [4.69, 9.17) is 4.42 Å². The third kappa shape index (κ3) is 3.43. The van der Waals surface area contributed by atoms with E-state index in [1.165, 1.54) is 0 Å². The number of halogens is 1. The summed E-state index contributed by atoms with van der Waals surface area (Å²) in [5.74, 6) is 1.28. The summed E-state index contributed by atoms with van der Waals surface area (Å²) in [5.41, 5.74) is 5.68. The fraction of sp³-hybridized carbons (Fsp3) is 0.182. The van der Waals surface area contributed by atoms with Crippen LogP contribution >= 0.6 is 22.6 Å². The molecule has 2 heterocycles. The number of nitrogens with zero attached hydrogens (tertiary/aromatic N) is 3. The van der Waals surface area contributed by atoms with Gasteiger partial charge in [0.15, 0.2) is 0 Å². The molecule has 4 nitrogen and oxygen atoms in total. The van der Waals surface area contributed by atoms with Gasteiger partial charge in [0.2, 0.25) is 5.88 Å². The first-order valence-corrected chi connectivity index (χ1v) is 9.52. The molecule has 134 valence electrons. The minimum Gasteiger partial charge on any atom is -0.443 e. The Labute approximate surface area is 172 Å². The number of furan rings is 1. The summed E-state index contributed by atoms with van der Waals surface area (Å²) in [6.07, 6.45) is 1.88. The summed E-state index contributed by atoms with van der Waals surface area (Å²) in [6, 6.07) is 14.4. The third-order valence-corrected chi connectivity index (χ3v) is 5.45. The van der Waals surface area contributed by atoms with Gasteiger partial charge < -0.3 is 4.42 Å². The molecule has 0 unspecified atom stereocenters. The Balaban J connectivity index is 2.14. The SMILES string of the molecule is Cc1oc(-n2c(C)cc(/C=C(/C#N)c3ccc(I)cc3)c2C)c(C#N)c1C. The molecule has 3 rings (SSSR count). The highest BCUT2D eigenvalue weighted by Gasteiger charge is 2.20. The second-order valence-corrected chi connectivity index (χ2v) is 7.66. The zero-order chi connectivity index (χ0) is 19.7. The lowest BCUT2D eigenvalue weighted by molar-refractivity contribution is 0.503. The molecule has 0 spiro atoms. The molecule has 0 radical (unpaired) electrons. The highest BCUT2D eigenvalue weighted by molar-refractivity contribution is 14.1. The highest BCUT2D eigenvalue weighted by atomic mass is 127. The summed E-state index contributed by atoms with van der Waals surface area (Å²) >= 11 is 2.24. The number of allylic oxidation sites excluding steroid dienone is 1. The number of aromatic nitrogens is 1. The third-order valence-electron chi connectivity index (χ3n) is 4.73. The molecule has 0 aliphatic carbocycles. The monoisotopic (exact) mass is 467 g/mol. The second kappa shape index (κ2) is 7.46. The van der Waals surface area contributed by atoms with Gasteiger partial charge in [0.1, 0.15) is 17.4 Å². The molecule has 1 aromatic carbocycles. The number of hydrogen-bond acceptors (Lipinski definition) is 3. The van der Waals surface area contributed by atoms with Crippen molar-refractivity contribution in [1.29, 1.82) is 10.5 Å². The number of aryl methyl sites for hydroxylation is 2. The van der Waals surface area contributed by atoms with Crippen molar-refractivity contribution < 1.29 is 4.42 Å². The molecule has 3 aromatic rings. The highest BCUT2D eigenvalue weighted by Crippen LogP contribution is 2.30. The van der Waals surface area contributed by atoms with Gasteiger partial charge in [0.25, 0.3) is 0 Å². The predicted octanol–water partition coefficient (Wildman–Crippen LogP) is 5.84. The van der Waals surface area contributed by atoms with Crippen LogP contribution in [0, 0.1) is 53.9 Å². The number of hydrogen-bond donors (Lipinski definition) is 0. The molecule has 0 bridgehead atoms. The summed E-state index contributed by atoms with van der Waals surface area (Å²) in [7, 11) is 0. The van der Waals surface area contributed by atoms with Gasteiger partial charge in [-0.3, -0.25) is 4.57 Å². The molecule has 5 heteroatoms. The average Bonchev–Trinajstić information content (AvgIpc) is 3.08. The van der Waals surface area contributed by atoms with Crippen LogP contribution in [0.4, 0.5) is 0 Å². The fourth-order valence-corrected chi connectivity index (χ4v) is 3.47. The van der Waals surface area contributed by atoms with Gasteiger partial charge in [-0.05, 0) is 85.7 Å². The van der Waals surface area contributed by atoms with Crippen molar-refractivity contribution in [2.24, 2.45) is 0 Å². The molecule has 0 aliphatic heterocycles. The standard InChI is InChI=1S/C22H18IN3O/c1-13-9-18(10-19(11-24)17-5-7-20(23)8-6-17)15(3)26(13)22-21(12-25)14(2)16(4)27-22/h5-10H,1-4H3/b19-10-. The molecule has 0 atom stereocenters. The summed E-state index contributed by atoms with van der Waals surface area (Å²) in [4.78, 5) is 0. The van der Waals surface area contributed by atoms with Crippen molar-refractivity contribution >= 4 is 34.2 Å². The number of nitriles is 2. The Morgan fingerprint density at radius 3 is 2.37 bits per heavy atom. The van der Waals surface area contributed by atoms with Crippen molar-refractivity contribution in [2.45, 2.75) is 27.7 Å². The quantitative estimate of drug-likeness (QED) is 0.359. The number of rotatable bonds is 3. The Morgan fingerprint density at radius 1 is 1.11 bits per heavy atom. The Kier molecular flexibility index (Phi) is 5.25. The smallest absolute Gasteiger partial charge is 0.222 e. The zero-order valence-corrected chi connectivity index (χ0v) is 17.7. The van der Waals surface area contributed by atoms with Gasteiger partial charge in [-0.2, -0.15) is 10.5 Å². The topological polar surface area (TPSA) is 65.7 Å². The van der Waals surface area contributed by atoms with E-state index in [-0.39, 0.29) is 0 Å². The van der Waals surface area contributed by atoms with Crippen molar-refractivity contribution in [1.82, 2.24) is 4.57 Å². The lowest BCUT2D eigenvalue weighted by Gasteiger charge is -2.06. The first kappa shape index (κ1) is 19.0. The average molecular weight is 467 g/mol. The van der Waals surface area contributed by atoms with Crippen LogP contribution in [-0.2, 0) is 0 Å². The Morgan fingerprint density at radius 2 is 1.78 bits per heavy atom. The van der Waals surface area contributed by atoms with Gasteiger partial charge in [-0.15, -0.1) is 0 Å². The van der Waals surface area contributed by atoms with Crippen LogP contribution in [0.1, 0.15) is 39.4 Å². The van der Waals surface area contributed by atoms with Crippen LogP contribution in [0.3, 0.4) is 0 Å². The summed E-state index contributed by atoms with van der Waals surface area (Å²) in [6.45, 7) is 7.69. The van der Waals surface area contributed by atoms with Crippen molar-refractivity contribution in [3.05, 3.63) is 73.3 Å². The first-order chi connectivity index (χ1) is 12.9. The predicted molar refractivity (Wildman–Crippen MR) is 114 cm³/mol. The van der Waals surface area contributed by atoms with E-state index in [1.54, 1.807) is 0 Å². The van der Waals surface area contributed by atoms with E-state index in [1.807, 2.05) is 68.7 Å². The molecule has 2 aromatic heterocycles. The van der Waals surface area contributed by atoms with Gasteiger partial charge in [-0.25, -0.2) is 0 Å². The minimum absolute atomic E-state index is 0.537. The molecular weight excluding hydrogens is 449 g/mol. The molecule has 0 saturated carbocycles. The Hall–Kier alpha value is -2.77. The molecular formula is C22H18IN3O. The maximum Gasteiger partial charge on any atom is 0.222 e. The van der Waals surface area contributed by atoms with Crippen LogP contribution in [-0.4, -0.2) is 4.57 Å². The van der Waals surface area contributed by atoms with Gasteiger partial charge in [-0.1, -0.05) is 12.1 Å². The Bertz CT molecular complexity index is 1130. The summed E-state index contributed by atoms with van der Waals surface area (Å²) in [5, 5.41) is 19.2. The van der Waals surface area contributed by atoms with Crippen LogP contribution in [0.5, 0.6) is 0 Å². The molecule has 0 amide bonds. The van der Waals surface area contributed by atoms with E-state index in [0.29, 0.717) is 17.0 Å². The fourth-order valence-electron chi connectivity index (χ4n) is 3.11. The first-order valence-electron chi connectivity index (χ1n) is 8.44. The lowest BCUT2D eigenvalue weighted by Crippen LogP contribution is -2.00. The number of benzene rings is 1. The molecule has 0 saturated heterocycles. The van der Waals surface area contributed by atoms with E-state index < -0.39 is 0 Å². The van der Waals surface area contributed by atoms with E-state index >= 15 is 0 Å². The summed E-state index contributed by atoms with van der Waals surface area (Å²) < 4.78 is 8.94. The minimum atomic E-state index is 0.537. The van der Waals surface area contributed by atoms with E-state index in [2.05, 4.69) is 34.7 Å². The molecule has 27 heavy (non-hydrogen) atoms. The van der Waals surface area contributed by atoms with Crippen molar-refractivity contribution in [3.8, 4) is 18.0 Å². The molecule has 0 N–H and O–H groups in total. The van der Waals surface area contributed by atoms with Crippen LogP contribution in [0.15, 0.2) is 34.7 Å². The van der Waals surface area contributed by atoms with E-state index in [0.717, 1.165) is 37.4 Å². The van der Waals surface area contributed by atoms with Crippen molar-refractivity contribution in [2.75, 3.05) is 0 Å². The maximum atomic E-state index is 9.63. The largest absolute Gasteiger partial charge is 0.443 e. The zero-order valence-electron chi connectivity index (χ0n) is 15.6. The lowest BCUT2D eigenvalue weighted by atomic mass is 10.0. The molecule has 0 aliphatic rings. The van der Waals surface area contributed by atoms with E-state index in [9.17, 15) is 10.5 Å². The van der Waals surface area contributed by atoms with Crippen LogP contribution in [0.25, 0.3) is 17.5 Å². The van der Waals surface area contributed by atoms with Gasteiger partial charge in [0, 0.05) is 20.5 Å². The normalized spacial score (nSPS) is 11.3.